The topological polar surface area (TPSA) is 54.9 Å². The van der Waals surface area contributed by atoms with Gasteiger partial charge in [0.25, 0.3) is 5.91 Å². The summed E-state index contributed by atoms with van der Waals surface area (Å²) in [4.78, 5) is 12.7. The van der Waals surface area contributed by atoms with Gasteiger partial charge in [0.05, 0.1) is 12.7 Å². The van der Waals surface area contributed by atoms with Gasteiger partial charge in [-0.3, -0.25) is 4.79 Å². The number of benzene rings is 1. The number of para-hydroxylation sites is 1. The van der Waals surface area contributed by atoms with Gasteiger partial charge < -0.3 is 15.4 Å². The maximum Gasteiger partial charge on any atom is 0.275 e. The van der Waals surface area contributed by atoms with E-state index in [2.05, 4.69) is 30.5 Å². The Morgan fingerprint density at radius 1 is 1.15 bits per heavy atom. The highest BCUT2D eigenvalue weighted by atomic mass is 16.5. The Morgan fingerprint density at radius 3 is 2.33 bits per heavy atom. The Balaban J connectivity index is 1.32. The van der Waals surface area contributed by atoms with Gasteiger partial charge in [-0.25, -0.2) is 0 Å². The Kier molecular flexibility index (Phi) is 5.19. The second kappa shape index (κ2) is 7.46. The van der Waals surface area contributed by atoms with Gasteiger partial charge in [-0.1, -0.05) is 12.1 Å². The molecule has 1 amide bonds. The number of rotatable bonds is 7. The summed E-state index contributed by atoms with van der Waals surface area (Å²) >= 11 is 0. The zero-order valence-corrected chi connectivity index (χ0v) is 17.0. The monoisotopic (exact) mass is 371 g/mol. The zero-order chi connectivity index (χ0) is 19.0. The van der Waals surface area contributed by atoms with Gasteiger partial charge >= 0.3 is 0 Å². The number of ether oxygens (including phenoxy) is 1. The van der Waals surface area contributed by atoms with Gasteiger partial charge in [0.1, 0.15) is 11.8 Å². The third kappa shape index (κ3) is 3.73. The summed E-state index contributed by atoms with van der Waals surface area (Å²) in [5.74, 6) is 3.83. The van der Waals surface area contributed by atoms with E-state index >= 15 is 0 Å². The first-order valence-corrected chi connectivity index (χ1v) is 10.7. The predicted molar refractivity (Wildman–Crippen MR) is 106 cm³/mol. The van der Waals surface area contributed by atoms with Gasteiger partial charge in [0.2, 0.25) is 0 Å². The number of nitrogens with two attached hydrogens (primary N) is 1. The number of methoxy groups -OCH3 is 1. The van der Waals surface area contributed by atoms with E-state index in [1.54, 1.807) is 7.11 Å². The molecule has 4 nitrogen and oxygen atoms in total. The predicted octanol–water partition coefficient (Wildman–Crippen LogP) is 3.04. The molecule has 0 radical (unpaired) electrons. The van der Waals surface area contributed by atoms with Gasteiger partial charge in [-0.15, -0.1) is 0 Å². The van der Waals surface area contributed by atoms with E-state index in [0.29, 0.717) is 18.0 Å². The summed E-state index contributed by atoms with van der Waals surface area (Å²) in [7, 11) is 1.70. The van der Waals surface area contributed by atoms with Crippen molar-refractivity contribution in [1.29, 1.82) is 0 Å². The maximum absolute atomic E-state index is 12.7. The number of nitrogens with one attached hydrogen (secondary N) is 1. The molecule has 27 heavy (non-hydrogen) atoms. The summed E-state index contributed by atoms with van der Waals surface area (Å²) < 4.78 is 5.46. The maximum atomic E-state index is 12.7. The molecule has 2 atom stereocenters. The van der Waals surface area contributed by atoms with Crippen molar-refractivity contribution in [3.05, 3.63) is 29.8 Å². The van der Waals surface area contributed by atoms with Crippen LogP contribution in [0.5, 0.6) is 5.75 Å². The molecule has 5 rings (SSSR count). The van der Waals surface area contributed by atoms with E-state index in [1.165, 1.54) is 38.5 Å². The first kappa shape index (κ1) is 18.8. The largest absolute Gasteiger partial charge is 0.496 e. The Morgan fingerprint density at radius 2 is 1.74 bits per heavy atom. The first-order chi connectivity index (χ1) is 13.0. The minimum absolute atomic E-state index is 0.167. The number of hydrogen-bond acceptors (Lipinski definition) is 2. The third-order valence-corrected chi connectivity index (χ3v) is 7.67. The standard InChI is InChI=1S/C23H34N2O2/c1-15(20-6-4-5-7-21(20)27-3)24-14-22(26)25-16(2)23-11-17-8-18(12-23)10-19(9-17)13-23/h4-7,15-19,24H,8-14H2,1-3H3,(H,25,26)/p+1/t15-,16+,17?,18?,19?,23?/m1/s1. The lowest BCUT2D eigenvalue weighted by Gasteiger charge is -2.59. The van der Waals surface area contributed by atoms with Crippen LogP contribution in [0.15, 0.2) is 24.3 Å². The van der Waals surface area contributed by atoms with E-state index in [4.69, 9.17) is 4.74 Å². The Labute approximate surface area is 163 Å². The fraction of sp³-hybridized carbons (Fsp3) is 0.696. The van der Waals surface area contributed by atoms with Gasteiger partial charge in [0.15, 0.2) is 6.54 Å². The van der Waals surface area contributed by atoms with Crippen LogP contribution in [0.2, 0.25) is 0 Å². The van der Waals surface area contributed by atoms with E-state index < -0.39 is 0 Å². The smallest absolute Gasteiger partial charge is 0.275 e. The van der Waals surface area contributed by atoms with Crippen molar-refractivity contribution in [2.24, 2.45) is 23.2 Å². The van der Waals surface area contributed by atoms with E-state index in [-0.39, 0.29) is 11.9 Å². The van der Waals surface area contributed by atoms with E-state index in [9.17, 15) is 4.79 Å². The van der Waals surface area contributed by atoms with Gasteiger partial charge in [0, 0.05) is 6.04 Å². The molecule has 0 unspecified atom stereocenters. The average molecular weight is 372 g/mol. The minimum atomic E-state index is 0.167. The molecule has 3 N–H and O–H groups in total. The molecule has 4 heteroatoms. The van der Waals surface area contributed by atoms with Crippen LogP contribution in [0, 0.1) is 23.2 Å². The molecule has 4 bridgehead atoms. The summed E-state index contributed by atoms with van der Waals surface area (Å²) in [5.41, 5.74) is 1.51. The van der Waals surface area contributed by atoms with Crippen LogP contribution in [-0.2, 0) is 4.79 Å². The van der Waals surface area contributed by atoms with Crippen molar-refractivity contribution in [2.75, 3.05) is 13.7 Å². The summed E-state index contributed by atoms with van der Waals surface area (Å²) in [6, 6.07) is 8.56. The molecule has 1 aromatic carbocycles. The summed E-state index contributed by atoms with van der Waals surface area (Å²) in [6.45, 7) is 4.86. The number of quaternary nitrogens is 1. The highest BCUT2D eigenvalue weighted by molar-refractivity contribution is 5.77. The lowest BCUT2D eigenvalue weighted by molar-refractivity contribution is -0.682. The van der Waals surface area contributed by atoms with Gasteiger partial charge in [-0.2, -0.15) is 0 Å². The van der Waals surface area contributed by atoms with Crippen molar-refractivity contribution < 1.29 is 14.8 Å². The fourth-order valence-corrected chi connectivity index (χ4v) is 6.61. The normalized spacial score (nSPS) is 33.5. The van der Waals surface area contributed by atoms with Gasteiger partial charge in [-0.05, 0) is 87.7 Å². The molecule has 0 aliphatic heterocycles. The molecule has 4 aliphatic carbocycles. The molecule has 4 aliphatic rings. The number of carbonyl (C=O) groups is 1. The van der Waals surface area contributed by atoms with Crippen LogP contribution < -0.4 is 15.4 Å². The zero-order valence-electron chi connectivity index (χ0n) is 17.0. The van der Waals surface area contributed by atoms with Crippen LogP contribution >= 0.6 is 0 Å². The summed E-state index contributed by atoms with van der Waals surface area (Å²) in [5, 5.41) is 5.48. The van der Waals surface area contributed by atoms with E-state index in [0.717, 1.165) is 29.1 Å². The minimum Gasteiger partial charge on any atom is -0.496 e. The van der Waals surface area contributed by atoms with Crippen molar-refractivity contribution in [2.45, 2.75) is 64.5 Å². The quantitative estimate of drug-likeness (QED) is 0.774. The number of hydrogen-bond donors (Lipinski definition) is 2. The van der Waals surface area contributed by atoms with Crippen LogP contribution in [-0.4, -0.2) is 25.6 Å². The van der Waals surface area contributed by atoms with Crippen molar-refractivity contribution in [3.8, 4) is 5.75 Å². The van der Waals surface area contributed by atoms with Crippen LogP contribution in [0.3, 0.4) is 0 Å². The lowest BCUT2D eigenvalue weighted by Crippen LogP contribution is -2.87. The van der Waals surface area contributed by atoms with Crippen LogP contribution in [0.1, 0.15) is 64.0 Å². The molecule has 0 spiro atoms. The fourth-order valence-electron chi connectivity index (χ4n) is 6.61. The lowest BCUT2D eigenvalue weighted by atomic mass is 9.48. The highest BCUT2D eigenvalue weighted by Gasteiger charge is 2.53. The SMILES string of the molecule is COc1ccccc1[C@@H](C)[NH2+]CC(=O)N[C@@H](C)C12CC3CC(CC(C3)C1)C2. The second-order valence-corrected chi connectivity index (χ2v) is 9.54. The van der Waals surface area contributed by atoms with Crippen molar-refractivity contribution in [3.63, 3.8) is 0 Å². The summed E-state index contributed by atoms with van der Waals surface area (Å²) in [6.07, 6.45) is 8.35. The third-order valence-electron chi connectivity index (χ3n) is 7.67. The Bertz CT molecular complexity index is 651. The number of amides is 1. The highest BCUT2D eigenvalue weighted by Crippen LogP contribution is 2.61. The number of carbonyl (C=O) groups excluding carboxylic acids is 1. The van der Waals surface area contributed by atoms with E-state index in [1.807, 2.05) is 18.2 Å². The second-order valence-electron chi connectivity index (χ2n) is 9.54. The first-order valence-electron chi connectivity index (χ1n) is 10.7. The molecule has 0 saturated heterocycles. The molecule has 0 heterocycles. The van der Waals surface area contributed by atoms with Crippen molar-refractivity contribution in [1.82, 2.24) is 5.32 Å². The molecule has 4 fully saturated rings. The van der Waals surface area contributed by atoms with Crippen molar-refractivity contribution >= 4 is 5.91 Å². The molecule has 148 valence electrons. The molecular formula is C23H35N2O2+. The van der Waals surface area contributed by atoms with Crippen LogP contribution in [0.4, 0.5) is 0 Å². The molecule has 1 aromatic rings. The average Bonchev–Trinajstić information content (AvgIpc) is 2.65. The van der Waals surface area contributed by atoms with Crippen LogP contribution in [0.25, 0.3) is 0 Å². The molecular weight excluding hydrogens is 336 g/mol. The molecule has 4 saturated carbocycles. The Hall–Kier alpha value is -1.55. The molecule has 0 aromatic heterocycles.